The smallest absolute Gasteiger partial charge is 0.124 e. The number of nitrogens with one attached hydrogen (secondary N) is 2. The first kappa shape index (κ1) is 20.2. The first-order chi connectivity index (χ1) is 13.8. The molecule has 1 atom stereocenters. The largest absolute Gasteiger partial charge is 0.497 e. The quantitative estimate of drug-likeness (QED) is 0.410. The van der Waals surface area contributed by atoms with Gasteiger partial charge >= 0.3 is 0 Å². The SMILES string of the molecule is CCCCCCC(NCc1ccccc1)c1nc(-c2ccc(OC)cc2)c[nH]1. The van der Waals surface area contributed by atoms with Crippen LogP contribution in [0.2, 0.25) is 0 Å². The third-order valence-electron chi connectivity index (χ3n) is 5.06. The fourth-order valence-electron chi connectivity index (χ4n) is 3.37. The Labute approximate surface area is 168 Å². The number of rotatable bonds is 11. The number of ether oxygens (including phenoxy) is 1. The van der Waals surface area contributed by atoms with Gasteiger partial charge in [-0.15, -0.1) is 0 Å². The highest BCUT2D eigenvalue weighted by atomic mass is 16.5. The number of imidazole rings is 1. The molecule has 0 saturated carbocycles. The van der Waals surface area contributed by atoms with Gasteiger partial charge in [0.1, 0.15) is 11.6 Å². The van der Waals surface area contributed by atoms with Crippen molar-refractivity contribution in [3.63, 3.8) is 0 Å². The maximum atomic E-state index is 5.25. The van der Waals surface area contributed by atoms with Crippen LogP contribution in [0.15, 0.2) is 60.8 Å². The number of methoxy groups -OCH3 is 1. The van der Waals surface area contributed by atoms with Crippen molar-refractivity contribution in [3.8, 4) is 17.0 Å². The molecule has 0 bridgehead atoms. The van der Waals surface area contributed by atoms with Crippen LogP contribution in [-0.4, -0.2) is 17.1 Å². The molecule has 1 unspecified atom stereocenters. The number of aromatic amines is 1. The lowest BCUT2D eigenvalue weighted by molar-refractivity contribution is 0.415. The minimum atomic E-state index is 0.226. The Morgan fingerprint density at radius 3 is 2.50 bits per heavy atom. The molecule has 148 valence electrons. The van der Waals surface area contributed by atoms with Crippen LogP contribution >= 0.6 is 0 Å². The summed E-state index contributed by atoms with van der Waals surface area (Å²) in [6, 6.07) is 18.8. The van der Waals surface area contributed by atoms with E-state index in [1.54, 1.807) is 7.11 Å². The van der Waals surface area contributed by atoms with Crippen molar-refractivity contribution in [2.24, 2.45) is 0 Å². The molecule has 3 aromatic rings. The molecule has 0 aliphatic heterocycles. The van der Waals surface area contributed by atoms with Crippen LogP contribution in [0, 0.1) is 0 Å². The number of benzene rings is 2. The first-order valence-corrected chi connectivity index (χ1v) is 10.3. The van der Waals surface area contributed by atoms with Crippen LogP contribution in [0.1, 0.15) is 56.5 Å². The minimum absolute atomic E-state index is 0.226. The predicted molar refractivity (Wildman–Crippen MR) is 115 cm³/mol. The molecule has 0 fully saturated rings. The molecule has 0 spiro atoms. The van der Waals surface area contributed by atoms with Crippen LogP contribution < -0.4 is 10.1 Å². The molecule has 1 heterocycles. The van der Waals surface area contributed by atoms with Crippen molar-refractivity contribution in [2.75, 3.05) is 7.11 Å². The van der Waals surface area contributed by atoms with Crippen molar-refractivity contribution < 1.29 is 4.74 Å². The van der Waals surface area contributed by atoms with E-state index in [0.29, 0.717) is 0 Å². The van der Waals surface area contributed by atoms with Crippen molar-refractivity contribution in [2.45, 2.75) is 51.6 Å². The summed E-state index contributed by atoms with van der Waals surface area (Å²) in [5.41, 5.74) is 3.36. The third-order valence-corrected chi connectivity index (χ3v) is 5.06. The number of nitrogens with zero attached hydrogens (tertiary/aromatic N) is 1. The Balaban J connectivity index is 1.70. The van der Waals surface area contributed by atoms with Crippen molar-refractivity contribution in [1.82, 2.24) is 15.3 Å². The number of hydrogen-bond donors (Lipinski definition) is 2. The van der Waals surface area contributed by atoms with Crippen molar-refractivity contribution in [3.05, 3.63) is 72.2 Å². The van der Waals surface area contributed by atoms with E-state index in [9.17, 15) is 0 Å². The minimum Gasteiger partial charge on any atom is -0.497 e. The van der Waals surface area contributed by atoms with Gasteiger partial charge in [0, 0.05) is 18.3 Å². The Kier molecular flexibility index (Phi) is 7.68. The highest BCUT2D eigenvalue weighted by Gasteiger charge is 2.15. The zero-order valence-electron chi connectivity index (χ0n) is 16.9. The average molecular weight is 378 g/mol. The molecule has 0 aliphatic rings. The number of aromatic nitrogens is 2. The summed E-state index contributed by atoms with van der Waals surface area (Å²) in [5.74, 6) is 1.87. The molecule has 1 aromatic heterocycles. The molecular formula is C24H31N3O. The Bertz CT molecular complexity index is 811. The first-order valence-electron chi connectivity index (χ1n) is 10.3. The fraction of sp³-hybridized carbons (Fsp3) is 0.375. The average Bonchev–Trinajstić information content (AvgIpc) is 3.24. The molecule has 0 radical (unpaired) electrons. The molecule has 4 heteroatoms. The standard InChI is InChI=1S/C24H31N3O/c1-3-4-5-9-12-22(25-17-19-10-7-6-8-11-19)24-26-18-23(27-24)20-13-15-21(28-2)16-14-20/h6-8,10-11,13-16,18,22,25H,3-5,9,12,17H2,1-2H3,(H,26,27). The van der Waals surface area contributed by atoms with E-state index in [0.717, 1.165) is 35.8 Å². The molecular weight excluding hydrogens is 346 g/mol. The van der Waals surface area contributed by atoms with Gasteiger partial charge in [-0.1, -0.05) is 62.9 Å². The van der Waals surface area contributed by atoms with Gasteiger partial charge in [-0.05, 0) is 36.2 Å². The molecule has 2 aromatic carbocycles. The summed E-state index contributed by atoms with van der Waals surface area (Å²) in [5, 5.41) is 3.70. The van der Waals surface area contributed by atoms with Gasteiger partial charge in [0.25, 0.3) is 0 Å². The van der Waals surface area contributed by atoms with Crippen LogP contribution in [0.5, 0.6) is 5.75 Å². The molecule has 0 aliphatic carbocycles. The number of hydrogen-bond acceptors (Lipinski definition) is 3. The summed E-state index contributed by atoms with van der Waals surface area (Å²) >= 11 is 0. The molecule has 0 amide bonds. The maximum absolute atomic E-state index is 5.25. The predicted octanol–water partition coefficient (Wildman–Crippen LogP) is 5.89. The molecule has 28 heavy (non-hydrogen) atoms. The number of H-pyrrole nitrogens is 1. The van der Waals surface area contributed by atoms with Gasteiger partial charge in [0.15, 0.2) is 0 Å². The maximum Gasteiger partial charge on any atom is 0.124 e. The third kappa shape index (κ3) is 5.70. The lowest BCUT2D eigenvalue weighted by Gasteiger charge is -2.17. The monoisotopic (exact) mass is 377 g/mol. The van der Waals surface area contributed by atoms with E-state index in [2.05, 4.69) is 47.6 Å². The summed E-state index contributed by atoms with van der Waals surface area (Å²) in [6.07, 6.45) is 8.11. The summed E-state index contributed by atoms with van der Waals surface area (Å²) in [7, 11) is 1.68. The summed E-state index contributed by atoms with van der Waals surface area (Å²) < 4.78 is 5.25. The van der Waals surface area contributed by atoms with Gasteiger partial charge in [0.2, 0.25) is 0 Å². The van der Waals surface area contributed by atoms with Gasteiger partial charge in [-0.3, -0.25) is 0 Å². The summed E-state index contributed by atoms with van der Waals surface area (Å²) in [6.45, 7) is 3.09. The van der Waals surface area contributed by atoms with E-state index in [1.165, 1.54) is 31.2 Å². The van der Waals surface area contributed by atoms with E-state index in [4.69, 9.17) is 9.72 Å². The van der Waals surface area contributed by atoms with Crippen LogP contribution in [0.4, 0.5) is 0 Å². The topological polar surface area (TPSA) is 49.9 Å². The molecule has 4 nitrogen and oxygen atoms in total. The zero-order chi connectivity index (χ0) is 19.6. The van der Waals surface area contributed by atoms with Crippen LogP contribution in [0.25, 0.3) is 11.3 Å². The van der Waals surface area contributed by atoms with Crippen LogP contribution in [0.3, 0.4) is 0 Å². The highest BCUT2D eigenvalue weighted by Crippen LogP contribution is 2.24. The van der Waals surface area contributed by atoms with Gasteiger partial charge in [-0.25, -0.2) is 4.98 Å². The Hall–Kier alpha value is -2.59. The lowest BCUT2D eigenvalue weighted by Crippen LogP contribution is -2.22. The Morgan fingerprint density at radius 2 is 1.79 bits per heavy atom. The van der Waals surface area contributed by atoms with Gasteiger partial charge < -0.3 is 15.0 Å². The Morgan fingerprint density at radius 1 is 1.00 bits per heavy atom. The normalized spacial score (nSPS) is 12.1. The fourth-order valence-corrected chi connectivity index (χ4v) is 3.37. The second-order valence-electron chi connectivity index (χ2n) is 7.17. The number of unbranched alkanes of at least 4 members (excludes halogenated alkanes) is 3. The highest BCUT2D eigenvalue weighted by molar-refractivity contribution is 5.59. The van der Waals surface area contributed by atoms with Crippen LogP contribution in [-0.2, 0) is 6.54 Å². The van der Waals surface area contributed by atoms with Gasteiger partial charge in [-0.2, -0.15) is 0 Å². The second kappa shape index (κ2) is 10.7. The lowest BCUT2D eigenvalue weighted by atomic mass is 10.1. The molecule has 3 rings (SSSR count). The van der Waals surface area contributed by atoms with E-state index >= 15 is 0 Å². The van der Waals surface area contributed by atoms with Gasteiger partial charge in [0.05, 0.1) is 18.8 Å². The van der Waals surface area contributed by atoms with E-state index < -0.39 is 0 Å². The van der Waals surface area contributed by atoms with E-state index in [-0.39, 0.29) is 6.04 Å². The second-order valence-corrected chi connectivity index (χ2v) is 7.17. The van der Waals surface area contributed by atoms with E-state index in [1.807, 2.05) is 30.5 Å². The van der Waals surface area contributed by atoms with Crippen molar-refractivity contribution >= 4 is 0 Å². The molecule has 0 saturated heterocycles. The molecule has 2 N–H and O–H groups in total. The summed E-state index contributed by atoms with van der Waals surface area (Å²) in [4.78, 5) is 8.29. The zero-order valence-corrected chi connectivity index (χ0v) is 16.9. The van der Waals surface area contributed by atoms with Crippen molar-refractivity contribution in [1.29, 1.82) is 0 Å².